The molecule has 0 bridgehead atoms. The second-order valence-corrected chi connectivity index (χ2v) is 9.72. The van der Waals surface area contributed by atoms with Crippen molar-refractivity contribution in [3.8, 4) is 0 Å². The van der Waals surface area contributed by atoms with E-state index in [0.717, 1.165) is 29.5 Å². The summed E-state index contributed by atoms with van der Waals surface area (Å²) in [5, 5.41) is 1.85. The molecule has 0 spiro atoms. The van der Waals surface area contributed by atoms with E-state index in [0.29, 0.717) is 28.2 Å². The van der Waals surface area contributed by atoms with E-state index in [4.69, 9.17) is 39.5 Å². The third-order valence-electron chi connectivity index (χ3n) is 5.88. The highest BCUT2D eigenvalue weighted by Crippen LogP contribution is 2.30. The van der Waals surface area contributed by atoms with Crippen LogP contribution in [-0.4, -0.2) is 11.2 Å². The highest BCUT2D eigenvalue weighted by molar-refractivity contribution is 6.35. The van der Waals surface area contributed by atoms with Crippen molar-refractivity contribution in [2.24, 2.45) is 0 Å². The van der Waals surface area contributed by atoms with Gasteiger partial charge >= 0.3 is 0 Å². The van der Waals surface area contributed by atoms with Crippen LogP contribution in [0, 0.1) is 5.82 Å². The third kappa shape index (κ3) is 6.65. The maximum Gasteiger partial charge on any atom is 0.244 e. The minimum atomic E-state index is -0.266. The molecule has 1 aromatic heterocycles. The van der Waals surface area contributed by atoms with Crippen LogP contribution in [0.25, 0.3) is 0 Å². The Labute approximate surface area is 220 Å². The Bertz CT molecular complexity index is 1200. The molecule has 7 heteroatoms. The molecule has 4 rings (SSSR count). The van der Waals surface area contributed by atoms with Crippen molar-refractivity contribution in [1.82, 2.24) is 4.57 Å². The number of rotatable bonds is 10. The summed E-state index contributed by atoms with van der Waals surface area (Å²) in [4.78, 5) is 0. The summed E-state index contributed by atoms with van der Waals surface area (Å²) in [5.41, 5.74) is 2.91. The Morgan fingerprint density at radius 3 is 2.23 bits per heavy atom. The minimum Gasteiger partial charge on any atom is -0.369 e. The number of benzene rings is 3. The van der Waals surface area contributed by atoms with Crippen LogP contribution in [0.3, 0.4) is 0 Å². The summed E-state index contributed by atoms with van der Waals surface area (Å²) >= 11 is 18.8. The molecule has 35 heavy (non-hydrogen) atoms. The molecule has 0 aliphatic rings. The molecule has 182 valence electrons. The Kier molecular flexibility index (Phi) is 8.85. The smallest absolute Gasteiger partial charge is 0.244 e. The second kappa shape index (κ2) is 12.0. The van der Waals surface area contributed by atoms with Gasteiger partial charge in [0.05, 0.1) is 0 Å². The minimum absolute atomic E-state index is 0.146. The Morgan fingerprint density at radius 2 is 1.57 bits per heavy atom. The van der Waals surface area contributed by atoms with E-state index in [-0.39, 0.29) is 18.0 Å². The first-order valence-electron chi connectivity index (χ1n) is 11.6. The Morgan fingerprint density at radius 1 is 0.914 bits per heavy atom. The average Bonchev–Trinajstić information content (AvgIpc) is 3.29. The molecule has 4 aromatic rings. The van der Waals surface area contributed by atoms with Crippen molar-refractivity contribution in [3.63, 3.8) is 0 Å². The first-order valence-corrected chi connectivity index (χ1v) is 12.7. The fourth-order valence-electron chi connectivity index (χ4n) is 4.06. The van der Waals surface area contributed by atoms with Gasteiger partial charge in [0.1, 0.15) is 30.9 Å². The molecule has 0 aliphatic carbocycles. The van der Waals surface area contributed by atoms with Crippen molar-refractivity contribution < 1.29 is 13.7 Å². The molecule has 0 amide bonds. The van der Waals surface area contributed by atoms with Crippen LogP contribution in [-0.2, 0) is 11.3 Å². The number of hydrogen-bond acceptors (Lipinski definition) is 1. The first-order chi connectivity index (χ1) is 16.9. The largest absolute Gasteiger partial charge is 0.369 e. The number of imidazole rings is 1. The molecule has 3 nitrogen and oxygen atoms in total. The molecule has 2 atom stereocenters. The van der Waals surface area contributed by atoms with Crippen LogP contribution in [0.2, 0.25) is 15.1 Å². The van der Waals surface area contributed by atoms with Gasteiger partial charge < -0.3 is 4.74 Å². The van der Waals surface area contributed by atoms with Crippen molar-refractivity contribution in [1.29, 1.82) is 0 Å². The number of nitrogens with zero attached hydrogens (tertiary/aromatic N) is 2. The van der Waals surface area contributed by atoms with Gasteiger partial charge in [-0.2, -0.15) is 0 Å². The molecule has 0 fully saturated rings. The summed E-state index contributed by atoms with van der Waals surface area (Å²) in [7, 11) is 0. The third-order valence-corrected chi connectivity index (χ3v) is 6.70. The summed E-state index contributed by atoms with van der Waals surface area (Å²) in [5.74, 6) is -0.266. The number of aromatic nitrogens is 2. The van der Waals surface area contributed by atoms with Gasteiger partial charge in [0.25, 0.3) is 0 Å². The molecular weight excluding hydrogens is 506 g/mol. The van der Waals surface area contributed by atoms with Gasteiger partial charge in [-0.1, -0.05) is 78.5 Å². The Balaban J connectivity index is 1.65. The maximum atomic E-state index is 13.6. The lowest BCUT2D eigenvalue weighted by atomic mass is 9.98. The molecule has 0 aliphatic heterocycles. The lowest BCUT2D eigenvalue weighted by molar-refractivity contribution is -0.704. The maximum absolute atomic E-state index is 13.6. The van der Waals surface area contributed by atoms with Crippen molar-refractivity contribution in [3.05, 3.63) is 123 Å². The second-order valence-electron chi connectivity index (χ2n) is 8.44. The highest BCUT2D eigenvalue weighted by atomic mass is 35.5. The molecule has 0 radical (unpaired) electrons. The molecule has 0 N–H and O–H groups in total. The standard InChI is InChI=1S/C28H27Cl3FN2O/c1-2-3-16-35-27(25-13-10-23(30)17-26(25)31)18-33-14-15-34(19-33)28(20-4-8-22(29)9-5-20)21-6-11-24(32)12-7-21/h4-15,17,19,27-28H,2-3,16,18H2,1H3/q+1. The monoisotopic (exact) mass is 531 g/mol. The predicted octanol–water partition coefficient (Wildman–Crippen LogP) is 8.07. The predicted molar refractivity (Wildman–Crippen MR) is 140 cm³/mol. The van der Waals surface area contributed by atoms with E-state index < -0.39 is 0 Å². The molecule has 0 saturated carbocycles. The number of hydrogen-bond donors (Lipinski definition) is 0. The van der Waals surface area contributed by atoms with Gasteiger partial charge in [0.2, 0.25) is 6.33 Å². The molecule has 1 heterocycles. The molecular formula is C28H27Cl3FN2O+. The summed E-state index contributed by atoms with van der Waals surface area (Å²) in [6.07, 6.45) is 7.83. The average molecular weight is 533 g/mol. The normalized spacial score (nSPS) is 13.1. The van der Waals surface area contributed by atoms with Gasteiger partial charge in [0, 0.05) is 38.4 Å². The number of ether oxygens (including phenoxy) is 1. The first kappa shape index (κ1) is 25.7. The summed E-state index contributed by atoms with van der Waals surface area (Å²) < 4.78 is 24.1. The van der Waals surface area contributed by atoms with Crippen molar-refractivity contribution in [2.45, 2.75) is 38.5 Å². The van der Waals surface area contributed by atoms with Crippen molar-refractivity contribution >= 4 is 34.8 Å². The van der Waals surface area contributed by atoms with Crippen LogP contribution in [0.5, 0.6) is 0 Å². The van der Waals surface area contributed by atoms with Crippen LogP contribution < -0.4 is 4.57 Å². The van der Waals surface area contributed by atoms with Gasteiger partial charge in [-0.15, -0.1) is 0 Å². The van der Waals surface area contributed by atoms with Crippen molar-refractivity contribution in [2.75, 3.05) is 6.61 Å². The van der Waals surface area contributed by atoms with Crippen LogP contribution >= 0.6 is 34.8 Å². The van der Waals surface area contributed by atoms with Gasteiger partial charge in [-0.05, 0) is 42.8 Å². The number of halogens is 4. The SMILES string of the molecule is CCCCOC(C[n+]1ccn(C(c2ccc(F)cc2)c2ccc(Cl)cc2)c1)c1ccc(Cl)cc1Cl. The van der Waals surface area contributed by atoms with Gasteiger partial charge in [-0.25, -0.2) is 13.5 Å². The lowest BCUT2D eigenvalue weighted by Gasteiger charge is -2.18. The molecule has 3 aromatic carbocycles. The zero-order valence-corrected chi connectivity index (χ0v) is 21.6. The van der Waals surface area contributed by atoms with E-state index in [2.05, 4.69) is 16.1 Å². The van der Waals surface area contributed by atoms with Gasteiger partial charge in [-0.3, -0.25) is 0 Å². The quantitative estimate of drug-likeness (QED) is 0.149. The summed E-state index contributed by atoms with van der Waals surface area (Å²) in [6.45, 7) is 3.36. The van der Waals surface area contributed by atoms with E-state index in [1.807, 2.05) is 67.3 Å². The van der Waals surface area contributed by atoms with E-state index in [1.54, 1.807) is 6.07 Å². The van der Waals surface area contributed by atoms with Crippen LogP contribution in [0.1, 0.15) is 48.6 Å². The topological polar surface area (TPSA) is 18.0 Å². The zero-order valence-electron chi connectivity index (χ0n) is 19.4. The van der Waals surface area contributed by atoms with E-state index >= 15 is 0 Å². The highest BCUT2D eigenvalue weighted by Gasteiger charge is 2.24. The molecule has 0 saturated heterocycles. The fraction of sp³-hybridized carbons (Fsp3) is 0.250. The fourth-order valence-corrected chi connectivity index (χ4v) is 4.72. The number of unbranched alkanes of at least 4 members (excludes halogenated alkanes) is 1. The Hall–Kier alpha value is -2.37. The van der Waals surface area contributed by atoms with Crippen LogP contribution in [0.15, 0.2) is 85.5 Å². The zero-order chi connectivity index (χ0) is 24.8. The summed E-state index contributed by atoms with van der Waals surface area (Å²) in [6, 6.07) is 19.7. The van der Waals surface area contributed by atoms with Gasteiger partial charge in [0.15, 0.2) is 6.04 Å². The molecule has 2 unspecified atom stereocenters. The van der Waals surface area contributed by atoms with E-state index in [1.165, 1.54) is 12.1 Å². The lowest BCUT2D eigenvalue weighted by Crippen LogP contribution is -2.36. The van der Waals surface area contributed by atoms with Crippen LogP contribution in [0.4, 0.5) is 4.39 Å². The van der Waals surface area contributed by atoms with E-state index in [9.17, 15) is 4.39 Å².